The second-order valence-corrected chi connectivity index (χ2v) is 8.09. The Bertz CT molecular complexity index is 843. The van der Waals surface area contributed by atoms with Crippen LogP contribution in [0.25, 0.3) is 0 Å². The first-order valence-electron chi connectivity index (χ1n) is 9.32. The molecule has 0 radical (unpaired) electrons. The Labute approximate surface area is 170 Å². The molecule has 6 nitrogen and oxygen atoms in total. The van der Waals surface area contributed by atoms with Gasteiger partial charge in [0.2, 0.25) is 5.91 Å². The van der Waals surface area contributed by atoms with Gasteiger partial charge in [0.25, 0.3) is 5.91 Å². The van der Waals surface area contributed by atoms with Crippen LogP contribution in [0.5, 0.6) is 0 Å². The first-order chi connectivity index (χ1) is 13.2. The fourth-order valence-electron chi connectivity index (χ4n) is 3.45. The van der Waals surface area contributed by atoms with Gasteiger partial charge in [-0.25, -0.2) is 9.40 Å². The summed E-state index contributed by atoms with van der Waals surface area (Å²) in [6, 6.07) is 12.7. The third-order valence-electron chi connectivity index (χ3n) is 5.38. The summed E-state index contributed by atoms with van der Waals surface area (Å²) in [6.07, 6.45) is 3.76. The summed E-state index contributed by atoms with van der Waals surface area (Å²) in [5, 5.41) is 2.75. The molecule has 148 valence electrons. The third kappa shape index (κ3) is 4.18. The van der Waals surface area contributed by atoms with E-state index in [0.717, 1.165) is 17.3 Å². The summed E-state index contributed by atoms with van der Waals surface area (Å²) in [6.45, 7) is 4.28. The molecule has 3 N–H and O–H groups in total. The number of benzene rings is 1. The zero-order chi connectivity index (χ0) is 20.4. The van der Waals surface area contributed by atoms with Gasteiger partial charge in [0.15, 0.2) is 5.82 Å². The molecule has 1 heterocycles. The van der Waals surface area contributed by atoms with E-state index < -0.39 is 0 Å². The maximum Gasteiger partial charge on any atom is 0.251 e. The van der Waals surface area contributed by atoms with Gasteiger partial charge in [-0.05, 0) is 56.5 Å². The van der Waals surface area contributed by atoms with Crippen molar-refractivity contribution in [1.82, 2.24) is 10.3 Å². The molecule has 7 heteroatoms. The summed E-state index contributed by atoms with van der Waals surface area (Å²) < 4.78 is 0.963. The van der Waals surface area contributed by atoms with Gasteiger partial charge < -0.3 is 11.1 Å². The van der Waals surface area contributed by atoms with Gasteiger partial charge >= 0.3 is 0 Å². The van der Waals surface area contributed by atoms with Crippen LogP contribution in [0.15, 0.2) is 48.7 Å². The van der Waals surface area contributed by atoms with E-state index in [4.69, 9.17) is 17.5 Å². The molecular formula is C21H25ClN4O2. The van der Waals surface area contributed by atoms with Crippen molar-refractivity contribution in [1.29, 1.82) is 0 Å². The third-order valence-corrected chi connectivity index (χ3v) is 5.74. The summed E-state index contributed by atoms with van der Waals surface area (Å²) in [4.78, 5) is 28.5. The predicted molar refractivity (Wildman–Crippen MR) is 110 cm³/mol. The number of pyridine rings is 1. The minimum absolute atomic E-state index is 0.00368. The summed E-state index contributed by atoms with van der Waals surface area (Å²) >= 11 is 5.99. The number of halogens is 1. The zero-order valence-corrected chi connectivity index (χ0v) is 16.9. The number of nitrogens with one attached hydrogen (secondary N) is 1. The van der Waals surface area contributed by atoms with Crippen LogP contribution in [0.3, 0.4) is 0 Å². The van der Waals surface area contributed by atoms with Crippen LogP contribution in [-0.4, -0.2) is 28.9 Å². The smallest absolute Gasteiger partial charge is 0.251 e. The average molecular weight is 401 g/mol. The van der Waals surface area contributed by atoms with Gasteiger partial charge in [-0.3, -0.25) is 9.59 Å². The van der Waals surface area contributed by atoms with Gasteiger partial charge in [-0.15, -0.1) is 0 Å². The van der Waals surface area contributed by atoms with E-state index in [2.05, 4.69) is 10.3 Å². The number of hydrogen-bond acceptors (Lipinski definition) is 4. The summed E-state index contributed by atoms with van der Waals surface area (Å²) in [5.74, 6) is -0.208. The molecule has 0 spiro atoms. The lowest BCUT2D eigenvalue weighted by atomic mass is 9.79. The lowest BCUT2D eigenvalue weighted by Crippen LogP contribution is -2.45. The molecule has 1 fully saturated rings. The molecule has 1 aliphatic carbocycles. The molecule has 28 heavy (non-hydrogen) atoms. The monoisotopic (exact) mass is 400 g/mol. The van der Waals surface area contributed by atoms with Crippen LogP contribution in [0.4, 0.5) is 5.82 Å². The Morgan fingerprint density at radius 2 is 1.89 bits per heavy atom. The fraction of sp³-hybridized carbons (Fsp3) is 0.381. The highest BCUT2D eigenvalue weighted by Gasteiger charge is 2.53. The average Bonchev–Trinajstić information content (AvgIpc) is 3.50. The lowest BCUT2D eigenvalue weighted by molar-refractivity contribution is -0.117. The molecule has 0 aliphatic heterocycles. The molecule has 0 bridgehead atoms. The van der Waals surface area contributed by atoms with Crippen LogP contribution >= 0.6 is 11.8 Å². The van der Waals surface area contributed by atoms with Gasteiger partial charge in [-0.2, -0.15) is 0 Å². The first kappa shape index (κ1) is 20.3. The number of nitrogens with zero attached hydrogens (tertiary/aromatic N) is 2. The molecule has 0 atom stereocenters. The first-order valence-corrected chi connectivity index (χ1v) is 9.66. The molecule has 0 unspecified atom stereocenters. The quantitative estimate of drug-likeness (QED) is 0.699. The van der Waals surface area contributed by atoms with Gasteiger partial charge in [0.1, 0.15) is 0 Å². The number of aromatic nitrogens is 1. The lowest BCUT2D eigenvalue weighted by Gasteiger charge is -2.31. The normalized spacial score (nSPS) is 15.0. The highest BCUT2D eigenvalue weighted by molar-refractivity contribution is 6.36. The topological polar surface area (TPSA) is 88.3 Å². The van der Waals surface area contributed by atoms with Crippen LogP contribution in [0, 0.1) is 0 Å². The largest absolute Gasteiger partial charge is 0.352 e. The van der Waals surface area contributed by atoms with Gasteiger partial charge in [-0.1, -0.05) is 18.2 Å². The van der Waals surface area contributed by atoms with Crippen molar-refractivity contribution in [3.8, 4) is 0 Å². The molecule has 2 aromatic rings. The minimum atomic E-state index is -0.336. The van der Waals surface area contributed by atoms with Crippen molar-refractivity contribution in [3.63, 3.8) is 0 Å². The zero-order valence-electron chi connectivity index (χ0n) is 16.1. The molecule has 1 aromatic heterocycles. The van der Waals surface area contributed by atoms with E-state index in [1.54, 1.807) is 36.5 Å². The number of carbonyl (C=O) groups excluding carboxylic acids is 2. The van der Waals surface area contributed by atoms with Crippen LogP contribution in [0.1, 0.15) is 49.0 Å². The Morgan fingerprint density at radius 3 is 2.43 bits per heavy atom. The maximum atomic E-state index is 12.3. The van der Waals surface area contributed by atoms with E-state index in [-0.39, 0.29) is 35.7 Å². The van der Waals surface area contributed by atoms with Crippen molar-refractivity contribution < 1.29 is 9.59 Å². The Morgan fingerprint density at radius 1 is 1.21 bits per heavy atom. The van der Waals surface area contributed by atoms with Crippen molar-refractivity contribution in [2.45, 2.75) is 44.1 Å². The number of anilines is 1. The molecule has 3 rings (SSSR count). The van der Waals surface area contributed by atoms with Gasteiger partial charge in [0, 0.05) is 47.5 Å². The molecule has 2 amide bonds. The number of hydrogen-bond donors (Lipinski definition) is 2. The highest BCUT2D eigenvalue weighted by Crippen LogP contribution is 2.54. The highest BCUT2D eigenvalue weighted by atomic mass is 35.5. The Hall–Kier alpha value is -2.44. The number of rotatable bonds is 7. The van der Waals surface area contributed by atoms with Crippen molar-refractivity contribution in [2.24, 2.45) is 5.73 Å². The standard InChI is InChI=1S/C21H25ClN4O2/c1-20(2,23)21(11-12-21)16-8-6-15(7-9-16)19(28)25-14-10-18(27)26(22)17-5-3-4-13-24-17/h3-9,13H,10-12,14,23H2,1-2H3,(H,25,28). The molecule has 0 saturated heterocycles. The number of carbonyl (C=O) groups is 2. The van der Waals surface area contributed by atoms with Crippen molar-refractivity contribution in [2.75, 3.05) is 11.0 Å². The second-order valence-electron chi connectivity index (χ2n) is 7.75. The van der Waals surface area contributed by atoms with E-state index in [1.165, 1.54) is 5.56 Å². The number of nitrogens with two attached hydrogens (primary N) is 1. The predicted octanol–water partition coefficient (Wildman–Crippen LogP) is 3.16. The van der Waals surface area contributed by atoms with Gasteiger partial charge in [0.05, 0.1) is 0 Å². The molecule has 1 saturated carbocycles. The fourth-order valence-corrected chi connectivity index (χ4v) is 3.64. The molecular weight excluding hydrogens is 376 g/mol. The Balaban J connectivity index is 1.52. The Kier molecular flexibility index (Phi) is 5.72. The molecule has 1 aliphatic rings. The minimum Gasteiger partial charge on any atom is -0.352 e. The van der Waals surface area contributed by atoms with E-state index in [9.17, 15) is 9.59 Å². The van der Waals surface area contributed by atoms with E-state index >= 15 is 0 Å². The van der Waals surface area contributed by atoms with Crippen molar-refractivity contribution >= 4 is 29.4 Å². The van der Waals surface area contributed by atoms with Crippen LogP contribution in [-0.2, 0) is 10.2 Å². The van der Waals surface area contributed by atoms with E-state index in [0.29, 0.717) is 11.4 Å². The summed E-state index contributed by atoms with van der Waals surface area (Å²) in [5.41, 5.74) is 7.76. The maximum absolute atomic E-state index is 12.3. The van der Waals surface area contributed by atoms with Crippen LogP contribution < -0.4 is 15.5 Å². The second kappa shape index (κ2) is 7.89. The van der Waals surface area contributed by atoms with Crippen molar-refractivity contribution in [3.05, 3.63) is 59.8 Å². The molecule has 1 aromatic carbocycles. The number of amides is 2. The SMILES string of the molecule is CC(C)(N)C1(c2ccc(C(=O)NCCC(=O)N(Cl)c3ccccn3)cc2)CC1. The van der Waals surface area contributed by atoms with E-state index in [1.807, 2.05) is 26.0 Å². The van der Waals surface area contributed by atoms with Crippen LogP contribution in [0.2, 0.25) is 0 Å². The summed E-state index contributed by atoms with van der Waals surface area (Å²) in [7, 11) is 0.